The van der Waals surface area contributed by atoms with Crippen LogP contribution in [0.5, 0.6) is 0 Å². The van der Waals surface area contributed by atoms with E-state index < -0.39 is 0 Å². The second-order valence-electron chi connectivity index (χ2n) is 3.02. The lowest BCUT2D eigenvalue weighted by molar-refractivity contribution is 0.489. The second kappa shape index (κ2) is 1.71. The van der Waals surface area contributed by atoms with Gasteiger partial charge in [-0.05, 0) is 19.3 Å². The van der Waals surface area contributed by atoms with Crippen LogP contribution in [-0.2, 0) is 0 Å². The molecule has 0 radical (unpaired) electrons. The van der Waals surface area contributed by atoms with E-state index in [1.165, 1.54) is 12.8 Å². The van der Waals surface area contributed by atoms with Gasteiger partial charge in [0.2, 0.25) is 0 Å². The van der Waals surface area contributed by atoms with E-state index in [1.807, 2.05) is 0 Å². The molecule has 0 saturated carbocycles. The van der Waals surface area contributed by atoms with Crippen molar-refractivity contribution in [3.8, 4) is 6.07 Å². The number of nitrogens with zero attached hydrogens (tertiary/aromatic N) is 1. The van der Waals surface area contributed by atoms with Gasteiger partial charge in [0.05, 0.1) is 12.0 Å². The summed E-state index contributed by atoms with van der Waals surface area (Å²) in [6, 6.07) is 3.55. The van der Waals surface area contributed by atoms with Crippen molar-refractivity contribution in [2.24, 2.45) is 5.92 Å². The van der Waals surface area contributed by atoms with Crippen molar-refractivity contribution >= 4 is 0 Å². The van der Waals surface area contributed by atoms with Crippen LogP contribution in [0.1, 0.15) is 19.3 Å². The van der Waals surface area contributed by atoms with Crippen molar-refractivity contribution < 1.29 is 0 Å². The summed E-state index contributed by atoms with van der Waals surface area (Å²) in [6.45, 7) is 0. The first-order valence-corrected chi connectivity index (χ1v) is 3.56. The van der Waals surface area contributed by atoms with Crippen LogP contribution >= 0.6 is 0 Å². The van der Waals surface area contributed by atoms with Gasteiger partial charge in [-0.1, -0.05) is 0 Å². The molecule has 0 unspecified atom stereocenters. The maximum absolute atomic E-state index is 8.60. The quantitative estimate of drug-likeness (QED) is 0.512. The fourth-order valence-corrected chi connectivity index (χ4v) is 1.97. The zero-order chi connectivity index (χ0) is 6.27. The van der Waals surface area contributed by atoms with E-state index in [1.54, 1.807) is 0 Å². The van der Waals surface area contributed by atoms with Gasteiger partial charge in [0.25, 0.3) is 0 Å². The van der Waals surface area contributed by atoms with Gasteiger partial charge >= 0.3 is 0 Å². The fourth-order valence-electron chi connectivity index (χ4n) is 1.97. The summed E-state index contributed by atoms with van der Waals surface area (Å²) in [5.41, 5.74) is 0. The molecular formula is C7H10N2. The molecule has 2 bridgehead atoms. The Labute approximate surface area is 54.9 Å². The number of hydrogen-bond acceptors (Lipinski definition) is 2. The Kier molecular flexibility index (Phi) is 1.000. The zero-order valence-electron chi connectivity index (χ0n) is 5.30. The van der Waals surface area contributed by atoms with Gasteiger partial charge < -0.3 is 5.32 Å². The molecule has 2 fully saturated rings. The molecule has 2 heteroatoms. The molecule has 2 heterocycles. The Bertz CT molecular complexity index is 159. The van der Waals surface area contributed by atoms with Gasteiger partial charge in [-0.15, -0.1) is 0 Å². The van der Waals surface area contributed by atoms with E-state index in [0.29, 0.717) is 18.0 Å². The minimum Gasteiger partial charge on any atom is -0.310 e. The van der Waals surface area contributed by atoms with Crippen LogP contribution in [0.3, 0.4) is 0 Å². The third-order valence-corrected chi connectivity index (χ3v) is 2.47. The standard InChI is InChI=1S/C7H10N2/c8-4-5-3-6-1-2-7(5)9-6/h5-7,9H,1-3H2/t5-,6+,7-/m1/s1. The van der Waals surface area contributed by atoms with E-state index in [0.717, 1.165) is 6.42 Å². The molecule has 2 nitrogen and oxygen atoms in total. The van der Waals surface area contributed by atoms with Crippen LogP contribution in [0, 0.1) is 17.2 Å². The van der Waals surface area contributed by atoms with Gasteiger partial charge in [-0.25, -0.2) is 0 Å². The lowest BCUT2D eigenvalue weighted by Gasteiger charge is -2.10. The van der Waals surface area contributed by atoms with E-state index in [-0.39, 0.29) is 0 Å². The van der Waals surface area contributed by atoms with Crippen molar-refractivity contribution in [2.45, 2.75) is 31.3 Å². The lowest BCUT2D eigenvalue weighted by atomic mass is 9.91. The van der Waals surface area contributed by atoms with Crippen LogP contribution in [0.15, 0.2) is 0 Å². The van der Waals surface area contributed by atoms with Crippen molar-refractivity contribution in [3.05, 3.63) is 0 Å². The summed E-state index contributed by atoms with van der Waals surface area (Å²) in [5.74, 6) is 0.323. The first-order valence-electron chi connectivity index (χ1n) is 3.56. The van der Waals surface area contributed by atoms with Crippen LogP contribution < -0.4 is 5.32 Å². The Balaban J connectivity index is 2.12. The average Bonchev–Trinajstić information content (AvgIpc) is 2.45. The van der Waals surface area contributed by atoms with E-state index in [2.05, 4.69) is 11.4 Å². The normalized spacial score (nSPS) is 47.2. The molecule has 3 atom stereocenters. The maximum atomic E-state index is 8.60. The van der Waals surface area contributed by atoms with Gasteiger partial charge in [-0.3, -0.25) is 0 Å². The van der Waals surface area contributed by atoms with Gasteiger partial charge in [0, 0.05) is 12.1 Å². The molecule has 0 aliphatic carbocycles. The highest BCUT2D eigenvalue weighted by Gasteiger charge is 2.38. The van der Waals surface area contributed by atoms with Crippen LogP contribution in [-0.4, -0.2) is 12.1 Å². The fraction of sp³-hybridized carbons (Fsp3) is 0.857. The maximum Gasteiger partial charge on any atom is 0.0672 e. The molecule has 48 valence electrons. The number of nitrogens with one attached hydrogen (secondary N) is 1. The highest BCUT2D eigenvalue weighted by atomic mass is 15.0. The SMILES string of the molecule is N#C[C@H]1C[C@@H]2CC[C@H]1N2. The van der Waals surface area contributed by atoms with Gasteiger partial charge in [-0.2, -0.15) is 5.26 Å². The van der Waals surface area contributed by atoms with Gasteiger partial charge in [0.1, 0.15) is 0 Å². The molecule has 2 rings (SSSR count). The molecule has 2 saturated heterocycles. The molecule has 1 N–H and O–H groups in total. The smallest absolute Gasteiger partial charge is 0.0672 e. The Morgan fingerprint density at radius 3 is 2.67 bits per heavy atom. The molecule has 0 aromatic heterocycles. The minimum absolute atomic E-state index is 0.323. The Morgan fingerprint density at radius 1 is 1.44 bits per heavy atom. The second-order valence-corrected chi connectivity index (χ2v) is 3.02. The van der Waals surface area contributed by atoms with Crippen molar-refractivity contribution in [2.75, 3.05) is 0 Å². The summed E-state index contributed by atoms with van der Waals surface area (Å²) in [5, 5.41) is 12.0. The number of fused-ring (bicyclic) bond motifs is 2. The van der Waals surface area contributed by atoms with Crippen LogP contribution in [0.25, 0.3) is 0 Å². The topological polar surface area (TPSA) is 35.8 Å². The number of rotatable bonds is 0. The summed E-state index contributed by atoms with van der Waals surface area (Å²) in [6.07, 6.45) is 3.62. The number of nitriles is 1. The Morgan fingerprint density at radius 2 is 2.33 bits per heavy atom. The number of hydrogen-bond donors (Lipinski definition) is 1. The van der Waals surface area contributed by atoms with E-state index in [9.17, 15) is 0 Å². The zero-order valence-corrected chi connectivity index (χ0v) is 5.30. The third-order valence-electron chi connectivity index (χ3n) is 2.47. The molecular weight excluding hydrogens is 112 g/mol. The first kappa shape index (κ1) is 5.25. The summed E-state index contributed by atoms with van der Waals surface area (Å²) in [4.78, 5) is 0. The predicted molar refractivity (Wildman–Crippen MR) is 33.7 cm³/mol. The molecule has 0 aromatic carbocycles. The highest BCUT2D eigenvalue weighted by Crippen LogP contribution is 2.32. The highest BCUT2D eigenvalue weighted by molar-refractivity contribution is 5.05. The molecule has 0 amide bonds. The minimum atomic E-state index is 0.323. The van der Waals surface area contributed by atoms with Crippen molar-refractivity contribution in [1.82, 2.24) is 5.32 Å². The first-order chi connectivity index (χ1) is 4.40. The van der Waals surface area contributed by atoms with E-state index >= 15 is 0 Å². The summed E-state index contributed by atoms with van der Waals surface area (Å²) >= 11 is 0. The van der Waals surface area contributed by atoms with Crippen molar-refractivity contribution in [3.63, 3.8) is 0 Å². The lowest BCUT2D eigenvalue weighted by Crippen LogP contribution is -2.21. The van der Waals surface area contributed by atoms with Crippen LogP contribution in [0.4, 0.5) is 0 Å². The van der Waals surface area contributed by atoms with Crippen molar-refractivity contribution in [1.29, 1.82) is 5.26 Å². The molecule has 0 aromatic rings. The molecule has 0 spiro atoms. The molecule has 2 aliphatic heterocycles. The average molecular weight is 122 g/mol. The molecule has 2 aliphatic rings. The van der Waals surface area contributed by atoms with Gasteiger partial charge in [0.15, 0.2) is 0 Å². The van der Waals surface area contributed by atoms with E-state index in [4.69, 9.17) is 5.26 Å². The summed E-state index contributed by atoms with van der Waals surface area (Å²) in [7, 11) is 0. The van der Waals surface area contributed by atoms with Crippen LogP contribution in [0.2, 0.25) is 0 Å². The Hall–Kier alpha value is -0.550. The third kappa shape index (κ3) is 0.650. The summed E-state index contributed by atoms with van der Waals surface area (Å²) < 4.78 is 0. The molecule has 9 heavy (non-hydrogen) atoms. The monoisotopic (exact) mass is 122 g/mol. The predicted octanol–water partition coefficient (Wildman–Crippen LogP) is 0.650. The largest absolute Gasteiger partial charge is 0.310 e.